The lowest BCUT2D eigenvalue weighted by Gasteiger charge is -2.13. The Morgan fingerprint density at radius 2 is 0.730 bits per heavy atom. The first-order valence-electron chi connectivity index (χ1n) is 12.1. The predicted octanol–water partition coefficient (Wildman–Crippen LogP) is 8.86. The Balaban J connectivity index is 1.53. The zero-order valence-electron chi connectivity index (χ0n) is 19.9. The van der Waals surface area contributed by atoms with Gasteiger partial charge in [0.1, 0.15) is 0 Å². The van der Waals surface area contributed by atoms with Crippen LogP contribution in [0.5, 0.6) is 0 Å². The van der Waals surface area contributed by atoms with Crippen LogP contribution >= 0.6 is 11.6 Å². The van der Waals surface area contributed by atoms with E-state index < -0.39 is 0 Å². The summed E-state index contributed by atoms with van der Waals surface area (Å²) >= 11 is 6.69. The summed E-state index contributed by atoms with van der Waals surface area (Å²) in [5.41, 5.74) is 7.09. The Labute approximate surface area is 221 Å². The smallest absolute Gasteiger partial charge is 0.164 e. The van der Waals surface area contributed by atoms with Crippen molar-refractivity contribution < 1.29 is 0 Å². The quantitative estimate of drug-likeness (QED) is 0.240. The molecule has 0 aliphatic heterocycles. The first-order valence-corrected chi connectivity index (χ1v) is 12.5. The van der Waals surface area contributed by atoms with E-state index in [0.29, 0.717) is 22.5 Å². The maximum absolute atomic E-state index is 6.69. The molecule has 0 saturated heterocycles. The lowest BCUT2D eigenvalue weighted by atomic mass is 9.93. The summed E-state index contributed by atoms with van der Waals surface area (Å²) in [6, 6.07) is 44.7. The highest BCUT2D eigenvalue weighted by Crippen LogP contribution is 2.36. The van der Waals surface area contributed by atoms with Gasteiger partial charge in [-0.05, 0) is 40.5 Å². The average molecular weight is 496 g/mol. The third-order valence-corrected chi connectivity index (χ3v) is 6.40. The van der Waals surface area contributed by atoms with Gasteiger partial charge in [-0.2, -0.15) is 0 Å². The molecule has 0 fully saturated rings. The summed E-state index contributed by atoms with van der Waals surface area (Å²) < 4.78 is 0. The number of hydrogen-bond acceptors (Lipinski definition) is 3. The molecule has 5 aromatic carbocycles. The Morgan fingerprint density at radius 3 is 1.24 bits per heavy atom. The maximum atomic E-state index is 6.69. The zero-order chi connectivity index (χ0) is 25.0. The predicted molar refractivity (Wildman–Crippen MR) is 152 cm³/mol. The Hall–Kier alpha value is -4.60. The van der Waals surface area contributed by atoms with Gasteiger partial charge >= 0.3 is 0 Å². The van der Waals surface area contributed by atoms with Crippen LogP contribution in [0.3, 0.4) is 0 Å². The van der Waals surface area contributed by atoms with Gasteiger partial charge in [0.15, 0.2) is 17.5 Å². The van der Waals surface area contributed by atoms with Crippen LogP contribution in [0, 0.1) is 0 Å². The molecule has 1 aromatic heterocycles. The first kappa shape index (κ1) is 22.8. The van der Waals surface area contributed by atoms with Crippen molar-refractivity contribution in [3.05, 3.63) is 138 Å². The first-order chi connectivity index (χ1) is 18.2. The summed E-state index contributed by atoms with van der Waals surface area (Å²) in [4.78, 5) is 14.6. The molecule has 0 saturated carbocycles. The summed E-state index contributed by atoms with van der Waals surface area (Å²) in [5, 5.41) is 0.623. The van der Waals surface area contributed by atoms with E-state index >= 15 is 0 Å². The second kappa shape index (κ2) is 10.2. The van der Waals surface area contributed by atoms with Crippen LogP contribution in [0.4, 0.5) is 0 Å². The third kappa shape index (κ3) is 4.90. The number of hydrogen-bond donors (Lipinski definition) is 0. The normalized spacial score (nSPS) is 10.8. The van der Waals surface area contributed by atoms with E-state index in [2.05, 4.69) is 48.5 Å². The molecule has 0 aliphatic rings. The molecule has 3 nitrogen and oxygen atoms in total. The number of benzene rings is 5. The summed E-state index contributed by atoms with van der Waals surface area (Å²) in [6.07, 6.45) is 0. The highest BCUT2D eigenvalue weighted by Gasteiger charge is 2.15. The summed E-state index contributed by atoms with van der Waals surface area (Å²) in [7, 11) is 0. The fraction of sp³-hybridized carbons (Fsp3) is 0. The molecule has 0 unspecified atom stereocenters. The molecule has 6 rings (SSSR count). The second-order valence-corrected chi connectivity index (χ2v) is 9.11. The van der Waals surface area contributed by atoms with Crippen LogP contribution in [-0.2, 0) is 0 Å². The highest BCUT2D eigenvalue weighted by atomic mass is 35.5. The summed E-state index contributed by atoms with van der Waals surface area (Å²) in [5.74, 6) is 1.82. The Morgan fingerprint density at radius 1 is 0.351 bits per heavy atom. The van der Waals surface area contributed by atoms with Crippen molar-refractivity contribution in [3.8, 4) is 56.4 Å². The van der Waals surface area contributed by atoms with Crippen LogP contribution in [-0.4, -0.2) is 15.0 Å². The Bertz CT molecular complexity index is 1610. The molecule has 6 aromatic rings. The fourth-order valence-electron chi connectivity index (χ4n) is 4.42. The number of rotatable bonds is 5. The van der Waals surface area contributed by atoms with Crippen molar-refractivity contribution in [2.45, 2.75) is 0 Å². The molecule has 176 valence electrons. The minimum atomic E-state index is 0.577. The summed E-state index contributed by atoms with van der Waals surface area (Å²) in [6.45, 7) is 0. The van der Waals surface area contributed by atoms with Gasteiger partial charge in [0, 0.05) is 21.7 Å². The zero-order valence-corrected chi connectivity index (χ0v) is 20.7. The topological polar surface area (TPSA) is 38.7 Å². The van der Waals surface area contributed by atoms with Gasteiger partial charge < -0.3 is 0 Å². The van der Waals surface area contributed by atoms with Gasteiger partial charge in [-0.1, -0.05) is 127 Å². The van der Waals surface area contributed by atoms with Crippen LogP contribution in [0.25, 0.3) is 56.4 Å². The molecular weight excluding hydrogens is 474 g/mol. The van der Waals surface area contributed by atoms with Gasteiger partial charge in [0.25, 0.3) is 0 Å². The molecule has 1 heterocycles. The van der Waals surface area contributed by atoms with E-state index in [1.807, 2.05) is 84.9 Å². The molecule has 0 amide bonds. The van der Waals surface area contributed by atoms with E-state index in [9.17, 15) is 0 Å². The molecule has 0 spiro atoms. The van der Waals surface area contributed by atoms with E-state index in [4.69, 9.17) is 26.6 Å². The van der Waals surface area contributed by atoms with Crippen LogP contribution in [0.15, 0.2) is 133 Å². The van der Waals surface area contributed by atoms with Crippen LogP contribution in [0.1, 0.15) is 0 Å². The van der Waals surface area contributed by atoms with Gasteiger partial charge in [-0.25, -0.2) is 15.0 Å². The second-order valence-electron chi connectivity index (χ2n) is 8.68. The molecule has 0 radical (unpaired) electrons. The van der Waals surface area contributed by atoms with Crippen LogP contribution in [0.2, 0.25) is 5.02 Å². The van der Waals surface area contributed by atoms with Gasteiger partial charge in [0.2, 0.25) is 0 Å². The maximum Gasteiger partial charge on any atom is 0.164 e. The van der Waals surface area contributed by atoms with E-state index in [-0.39, 0.29) is 0 Å². The van der Waals surface area contributed by atoms with E-state index in [0.717, 1.165) is 38.9 Å². The van der Waals surface area contributed by atoms with Crippen molar-refractivity contribution in [1.82, 2.24) is 15.0 Å². The molecule has 0 aliphatic carbocycles. The molecular formula is C33H22ClN3. The van der Waals surface area contributed by atoms with Gasteiger partial charge in [-0.15, -0.1) is 0 Å². The van der Waals surface area contributed by atoms with Gasteiger partial charge in [0.05, 0.1) is 0 Å². The van der Waals surface area contributed by atoms with Crippen molar-refractivity contribution >= 4 is 11.6 Å². The minimum Gasteiger partial charge on any atom is -0.208 e. The monoisotopic (exact) mass is 495 g/mol. The molecule has 37 heavy (non-hydrogen) atoms. The highest BCUT2D eigenvalue weighted by molar-refractivity contribution is 6.31. The fourth-order valence-corrected chi connectivity index (χ4v) is 4.65. The number of aromatic nitrogens is 3. The molecule has 0 atom stereocenters. The molecule has 0 N–H and O–H groups in total. The van der Waals surface area contributed by atoms with Crippen molar-refractivity contribution in [2.24, 2.45) is 0 Å². The molecule has 4 heteroatoms. The molecule has 0 bridgehead atoms. The Kier molecular flexibility index (Phi) is 6.28. The van der Waals surface area contributed by atoms with Crippen molar-refractivity contribution in [1.29, 1.82) is 0 Å². The lowest BCUT2D eigenvalue weighted by Crippen LogP contribution is -2.00. The SMILES string of the molecule is Clc1cc(-c2nc(-c3ccccc3)nc(-c3ccccc3)n2)cc(-c2ccccc2-c2ccccc2)c1. The van der Waals surface area contributed by atoms with E-state index in [1.54, 1.807) is 0 Å². The third-order valence-electron chi connectivity index (χ3n) is 6.18. The largest absolute Gasteiger partial charge is 0.208 e. The standard InChI is InChI=1S/C33H22ClN3/c34-28-21-26(30-19-11-10-18-29(30)23-12-4-1-5-13-23)20-27(22-28)33-36-31(24-14-6-2-7-15-24)35-32(37-33)25-16-8-3-9-17-25/h1-22H. The number of nitrogens with zero attached hydrogens (tertiary/aromatic N) is 3. The van der Waals surface area contributed by atoms with Crippen molar-refractivity contribution in [2.75, 3.05) is 0 Å². The lowest BCUT2D eigenvalue weighted by molar-refractivity contribution is 1.07. The van der Waals surface area contributed by atoms with Gasteiger partial charge in [-0.3, -0.25) is 0 Å². The average Bonchev–Trinajstić information content (AvgIpc) is 2.98. The minimum absolute atomic E-state index is 0.577. The number of halogens is 1. The van der Waals surface area contributed by atoms with Crippen molar-refractivity contribution in [3.63, 3.8) is 0 Å². The van der Waals surface area contributed by atoms with Crippen LogP contribution < -0.4 is 0 Å². The van der Waals surface area contributed by atoms with E-state index in [1.165, 1.54) is 0 Å².